The normalized spacial score (nSPS) is 15.6. The van der Waals surface area contributed by atoms with Crippen LogP contribution in [-0.4, -0.2) is 18.8 Å². The van der Waals surface area contributed by atoms with Crippen LogP contribution in [0.2, 0.25) is 0 Å². The zero-order valence-corrected chi connectivity index (χ0v) is 9.66. The molecule has 0 aromatic heterocycles. The molecule has 0 radical (unpaired) electrons. The van der Waals surface area contributed by atoms with Crippen molar-refractivity contribution in [3.8, 4) is 0 Å². The number of hydrogen-bond donors (Lipinski definition) is 1. The van der Waals surface area contributed by atoms with E-state index < -0.39 is 17.8 Å². The molecule has 0 aliphatic rings. The van der Waals surface area contributed by atoms with Crippen molar-refractivity contribution in [2.24, 2.45) is 5.92 Å². The minimum absolute atomic E-state index is 0.254. The van der Waals surface area contributed by atoms with Crippen molar-refractivity contribution < 1.29 is 23.0 Å². The van der Waals surface area contributed by atoms with E-state index in [1.165, 1.54) is 19.2 Å². The lowest BCUT2D eigenvalue weighted by atomic mass is 9.96. The standard InChI is InChI=1S/C12H15F3O2/c1-8(7-17-2)11(16)9-4-3-5-10(6-9)12(13,14)15/h3-6,8,11,16H,7H2,1-2H3. The largest absolute Gasteiger partial charge is 0.416 e. The van der Waals surface area contributed by atoms with Gasteiger partial charge in [-0.2, -0.15) is 13.2 Å². The molecule has 1 aromatic rings. The highest BCUT2D eigenvalue weighted by Crippen LogP contribution is 2.32. The van der Waals surface area contributed by atoms with Gasteiger partial charge in [-0.1, -0.05) is 19.1 Å². The maximum absolute atomic E-state index is 12.5. The summed E-state index contributed by atoms with van der Waals surface area (Å²) in [6.45, 7) is 2.01. The third-order valence-corrected chi connectivity index (χ3v) is 2.52. The Hall–Kier alpha value is -1.07. The molecule has 2 nitrogen and oxygen atoms in total. The van der Waals surface area contributed by atoms with Crippen LogP contribution in [0, 0.1) is 5.92 Å². The first-order chi connectivity index (χ1) is 7.86. The van der Waals surface area contributed by atoms with Gasteiger partial charge in [0.15, 0.2) is 0 Å². The third-order valence-electron chi connectivity index (χ3n) is 2.52. The summed E-state index contributed by atoms with van der Waals surface area (Å²) in [7, 11) is 1.48. The van der Waals surface area contributed by atoms with E-state index in [9.17, 15) is 18.3 Å². The average molecular weight is 248 g/mol. The van der Waals surface area contributed by atoms with E-state index in [1.54, 1.807) is 6.92 Å². The van der Waals surface area contributed by atoms with Crippen LogP contribution < -0.4 is 0 Å². The van der Waals surface area contributed by atoms with Gasteiger partial charge in [0, 0.05) is 13.0 Å². The summed E-state index contributed by atoms with van der Waals surface area (Å²) in [5.74, 6) is -0.261. The quantitative estimate of drug-likeness (QED) is 0.887. The predicted molar refractivity (Wildman–Crippen MR) is 57.4 cm³/mol. The second-order valence-electron chi connectivity index (χ2n) is 4.00. The first-order valence-corrected chi connectivity index (χ1v) is 5.20. The molecule has 1 aromatic carbocycles. The predicted octanol–water partition coefficient (Wildman–Crippen LogP) is 3.02. The second kappa shape index (κ2) is 5.51. The first kappa shape index (κ1) is 14.0. The number of benzene rings is 1. The number of ether oxygens (including phenoxy) is 1. The lowest BCUT2D eigenvalue weighted by molar-refractivity contribution is -0.137. The SMILES string of the molecule is COCC(C)C(O)c1cccc(C(F)(F)F)c1. The van der Waals surface area contributed by atoms with Crippen LogP contribution in [-0.2, 0) is 10.9 Å². The fourth-order valence-electron chi connectivity index (χ4n) is 1.58. The van der Waals surface area contributed by atoms with Crippen LogP contribution in [0.5, 0.6) is 0 Å². The third kappa shape index (κ3) is 3.71. The van der Waals surface area contributed by atoms with Gasteiger partial charge in [-0.25, -0.2) is 0 Å². The Labute approximate surface area is 98.0 Å². The molecule has 0 spiro atoms. The van der Waals surface area contributed by atoms with E-state index in [2.05, 4.69) is 0 Å². The molecule has 2 atom stereocenters. The number of rotatable bonds is 4. The number of hydrogen-bond acceptors (Lipinski definition) is 2. The Morgan fingerprint density at radius 3 is 2.53 bits per heavy atom. The van der Waals surface area contributed by atoms with Crippen molar-refractivity contribution in [1.82, 2.24) is 0 Å². The fourth-order valence-corrected chi connectivity index (χ4v) is 1.58. The molecule has 0 heterocycles. The molecule has 1 rings (SSSR count). The lowest BCUT2D eigenvalue weighted by Gasteiger charge is -2.19. The average Bonchev–Trinajstić information content (AvgIpc) is 2.27. The molecule has 0 aliphatic heterocycles. The zero-order valence-electron chi connectivity index (χ0n) is 9.66. The van der Waals surface area contributed by atoms with Gasteiger partial charge >= 0.3 is 6.18 Å². The molecule has 0 saturated heterocycles. The topological polar surface area (TPSA) is 29.5 Å². The summed E-state index contributed by atoms with van der Waals surface area (Å²) in [6.07, 6.45) is -5.35. The van der Waals surface area contributed by atoms with Crippen molar-refractivity contribution in [3.63, 3.8) is 0 Å². The Morgan fingerprint density at radius 2 is 2.00 bits per heavy atom. The van der Waals surface area contributed by atoms with Crippen molar-refractivity contribution in [3.05, 3.63) is 35.4 Å². The number of aliphatic hydroxyl groups excluding tert-OH is 1. The van der Waals surface area contributed by atoms with Crippen LogP contribution >= 0.6 is 0 Å². The van der Waals surface area contributed by atoms with E-state index in [-0.39, 0.29) is 18.1 Å². The van der Waals surface area contributed by atoms with E-state index >= 15 is 0 Å². The molecule has 0 saturated carbocycles. The Morgan fingerprint density at radius 1 is 1.35 bits per heavy atom. The van der Waals surface area contributed by atoms with Gasteiger partial charge in [0.2, 0.25) is 0 Å². The minimum atomic E-state index is -4.39. The highest BCUT2D eigenvalue weighted by Gasteiger charge is 2.31. The minimum Gasteiger partial charge on any atom is -0.388 e. The molecule has 0 aliphatic carbocycles. The van der Waals surface area contributed by atoms with Crippen molar-refractivity contribution in [2.75, 3.05) is 13.7 Å². The summed E-state index contributed by atoms with van der Waals surface area (Å²) in [6, 6.07) is 4.72. The Kier molecular flexibility index (Phi) is 4.54. The van der Waals surface area contributed by atoms with Crippen LogP contribution in [0.3, 0.4) is 0 Å². The van der Waals surface area contributed by atoms with E-state index in [4.69, 9.17) is 4.74 Å². The van der Waals surface area contributed by atoms with Gasteiger partial charge in [-0.15, -0.1) is 0 Å². The molecule has 0 fully saturated rings. The number of methoxy groups -OCH3 is 1. The summed E-state index contributed by atoms with van der Waals surface area (Å²) in [5, 5.41) is 9.86. The number of aliphatic hydroxyl groups is 1. The number of alkyl halides is 3. The number of halogens is 3. The van der Waals surface area contributed by atoms with Crippen LogP contribution in [0.15, 0.2) is 24.3 Å². The molecular weight excluding hydrogens is 233 g/mol. The lowest BCUT2D eigenvalue weighted by Crippen LogP contribution is -2.15. The summed E-state index contributed by atoms with van der Waals surface area (Å²) >= 11 is 0. The first-order valence-electron chi connectivity index (χ1n) is 5.20. The fraction of sp³-hybridized carbons (Fsp3) is 0.500. The molecule has 0 amide bonds. The van der Waals surface area contributed by atoms with Gasteiger partial charge in [-0.3, -0.25) is 0 Å². The van der Waals surface area contributed by atoms with Crippen LogP contribution in [0.25, 0.3) is 0 Å². The smallest absolute Gasteiger partial charge is 0.388 e. The summed E-state index contributed by atoms with van der Waals surface area (Å²) in [4.78, 5) is 0. The second-order valence-corrected chi connectivity index (χ2v) is 4.00. The molecule has 5 heteroatoms. The summed E-state index contributed by atoms with van der Waals surface area (Å²) in [5.41, 5.74) is -0.497. The van der Waals surface area contributed by atoms with E-state index in [0.29, 0.717) is 0 Å². The van der Waals surface area contributed by atoms with Crippen LogP contribution in [0.4, 0.5) is 13.2 Å². The Balaban J connectivity index is 2.92. The van der Waals surface area contributed by atoms with Gasteiger partial charge in [0.05, 0.1) is 18.3 Å². The highest BCUT2D eigenvalue weighted by atomic mass is 19.4. The molecule has 96 valence electrons. The molecule has 17 heavy (non-hydrogen) atoms. The van der Waals surface area contributed by atoms with E-state index in [1.807, 2.05) is 0 Å². The van der Waals surface area contributed by atoms with Crippen LogP contribution in [0.1, 0.15) is 24.2 Å². The molecule has 0 bridgehead atoms. The molecule has 1 N–H and O–H groups in total. The van der Waals surface area contributed by atoms with Crippen molar-refractivity contribution in [1.29, 1.82) is 0 Å². The van der Waals surface area contributed by atoms with E-state index in [0.717, 1.165) is 12.1 Å². The monoisotopic (exact) mass is 248 g/mol. The Bertz CT molecular complexity index is 363. The highest BCUT2D eigenvalue weighted by molar-refractivity contribution is 5.27. The van der Waals surface area contributed by atoms with Gasteiger partial charge < -0.3 is 9.84 Å². The maximum atomic E-state index is 12.5. The molecular formula is C12H15F3O2. The zero-order chi connectivity index (χ0) is 13.1. The maximum Gasteiger partial charge on any atom is 0.416 e. The summed E-state index contributed by atoms with van der Waals surface area (Å²) < 4.78 is 42.3. The molecule has 2 unspecified atom stereocenters. The van der Waals surface area contributed by atoms with Gasteiger partial charge in [0.1, 0.15) is 0 Å². The van der Waals surface area contributed by atoms with Crippen molar-refractivity contribution >= 4 is 0 Å². The van der Waals surface area contributed by atoms with Crippen molar-refractivity contribution in [2.45, 2.75) is 19.2 Å². The van der Waals surface area contributed by atoms with Gasteiger partial charge in [-0.05, 0) is 17.7 Å². The van der Waals surface area contributed by atoms with Gasteiger partial charge in [0.25, 0.3) is 0 Å².